The van der Waals surface area contributed by atoms with Crippen LogP contribution in [0.25, 0.3) is 0 Å². The number of nitrogens with zero attached hydrogens (tertiary/aromatic N) is 2. The number of hydrogen-bond acceptors (Lipinski definition) is 2. The number of halogens is 6. The summed E-state index contributed by atoms with van der Waals surface area (Å²) in [7, 11) is 0. The van der Waals surface area contributed by atoms with Gasteiger partial charge in [0.15, 0.2) is 0 Å². The summed E-state index contributed by atoms with van der Waals surface area (Å²) in [5.74, 6) is 0. The fourth-order valence-corrected chi connectivity index (χ4v) is 2.02. The van der Waals surface area contributed by atoms with E-state index < -0.39 is 27.4 Å². The van der Waals surface area contributed by atoms with Crippen molar-refractivity contribution in [3.63, 3.8) is 0 Å². The van der Waals surface area contributed by atoms with E-state index in [0.717, 1.165) is 0 Å². The minimum absolute atomic E-state index is 0.173. The Morgan fingerprint density at radius 1 is 1.41 bits per heavy atom. The van der Waals surface area contributed by atoms with Gasteiger partial charge in [-0.3, -0.25) is 0 Å². The van der Waals surface area contributed by atoms with E-state index in [-0.39, 0.29) is 12.1 Å². The maximum Gasteiger partial charge on any atom is 0.417 e. The molecule has 92 valence electrons. The quantitative estimate of drug-likeness (QED) is 0.457. The molecule has 0 bridgehead atoms. The van der Waals surface area contributed by atoms with Gasteiger partial charge in [-0.05, 0) is 28.7 Å². The van der Waals surface area contributed by atoms with Crippen LogP contribution in [0.1, 0.15) is 23.2 Å². The molecule has 0 fully saturated rings. The van der Waals surface area contributed by atoms with Gasteiger partial charge in [0, 0.05) is 0 Å². The van der Waals surface area contributed by atoms with E-state index in [1.807, 2.05) is 0 Å². The first-order valence-electron chi connectivity index (χ1n) is 4.19. The molecule has 2 nitrogen and oxygen atoms in total. The molecule has 0 saturated carbocycles. The highest BCUT2D eigenvalue weighted by atomic mass is 127. The van der Waals surface area contributed by atoms with Crippen molar-refractivity contribution >= 4 is 22.6 Å². The van der Waals surface area contributed by atoms with Crippen LogP contribution in [-0.2, 0) is 12.6 Å². The van der Waals surface area contributed by atoms with E-state index in [1.54, 1.807) is 6.07 Å². The fourth-order valence-electron chi connectivity index (χ4n) is 1.19. The van der Waals surface area contributed by atoms with Crippen LogP contribution in [0.4, 0.5) is 22.0 Å². The highest BCUT2D eigenvalue weighted by Crippen LogP contribution is 2.38. The summed E-state index contributed by atoms with van der Waals surface area (Å²) in [5, 5.41) is 8.36. The summed E-state index contributed by atoms with van der Waals surface area (Å²) in [6.07, 6.45) is -8.51. The van der Waals surface area contributed by atoms with Crippen molar-refractivity contribution in [3.8, 4) is 6.07 Å². The minimum Gasteiger partial charge on any atom is -0.245 e. The van der Waals surface area contributed by atoms with Crippen LogP contribution in [0.3, 0.4) is 0 Å². The number of nitriles is 1. The molecule has 0 saturated heterocycles. The van der Waals surface area contributed by atoms with Crippen LogP contribution in [0.15, 0.2) is 6.07 Å². The molecule has 0 spiro atoms. The molecule has 0 N–H and O–H groups in total. The van der Waals surface area contributed by atoms with Gasteiger partial charge < -0.3 is 0 Å². The Morgan fingerprint density at radius 2 is 2.00 bits per heavy atom. The van der Waals surface area contributed by atoms with E-state index in [0.29, 0.717) is 6.07 Å². The Hall–Kier alpha value is -0.980. The summed E-state index contributed by atoms with van der Waals surface area (Å²) in [5.41, 5.74) is -2.74. The molecule has 0 aromatic carbocycles. The second kappa shape index (κ2) is 5.12. The lowest BCUT2D eigenvalue weighted by Crippen LogP contribution is -2.13. The van der Waals surface area contributed by atoms with Gasteiger partial charge in [0.05, 0.1) is 29.3 Å². The molecule has 0 aliphatic rings. The highest BCUT2D eigenvalue weighted by molar-refractivity contribution is 14.1. The molecule has 0 atom stereocenters. The van der Waals surface area contributed by atoms with Crippen LogP contribution in [-0.4, -0.2) is 4.98 Å². The number of rotatable bonds is 2. The maximum atomic E-state index is 12.6. The molecule has 1 aromatic rings. The molecule has 0 radical (unpaired) electrons. The Balaban J connectivity index is 3.46. The molecule has 8 heteroatoms. The lowest BCUT2D eigenvalue weighted by molar-refractivity contribution is -0.139. The second-order valence-electron chi connectivity index (χ2n) is 3.00. The third-order valence-electron chi connectivity index (χ3n) is 1.85. The van der Waals surface area contributed by atoms with Crippen molar-refractivity contribution in [1.29, 1.82) is 5.26 Å². The summed E-state index contributed by atoms with van der Waals surface area (Å²) >= 11 is 1.31. The molecular formula is C9H4F5IN2. The standard InChI is InChI=1S/C9H4F5IN2/c10-7(11)6-5(9(12,13)14)3-4(1-2-16)17-8(6)15/h3,7H,1H2. The van der Waals surface area contributed by atoms with Crippen LogP contribution in [0, 0.1) is 15.0 Å². The third kappa shape index (κ3) is 3.24. The van der Waals surface area contributed by atoms with Crippen molar-refractivity contribution in [2.45, 2.75) is 19.0 Å². The van der Waals surface area contributed by atoms with E-state index in [9.17, 15) is 22.0 Å². The van der Waals surface area contributed by atoms with Crippen molar-refractivity contribution in [3.05, 3.63) is 26.6 Å². The average molecular weight is 362 g/mol. The molecule has 0 aliphatic heterocycles. The molecule has 1 heterocycles. The van der Waals surface area contributed by atoms with Crippen LogP contribution in [0.5, 0.6) is 0 Å². The number of aromatic nitrogens is 1. The second-order valence-corrected chi connectivity index (χ2v) is 4.02. The fraction of sp³-hybridized carbons (Fsp3) is 0.333. The summed E-state index contributed by atoms with van der Waals surface area (Å²) in [4.78, 5) is 3.54. The monoisotopic (exact) mass is 362 g/mol. The SMILES string of the molecule is N#CCc1cc(C(F)(F)F)c(C(F)F)c(I)n1. The van der Waals surface area contributed by atoms with Gasteiger partial charge in [0.2, 0.25) is 0 Å². The zero-order valence-electron chi connectivity index (χ0n) is 8.02. The number of hydrogen-bond donors (Lipinski definition) is 0. The van der Waals surface area contributed by atoms with E-state index >= 15 is 0 Å². The first-order valence-corrected chi connectivity index (χ1v) is 5.27. The van der Waals surface area contributed by atoms with Crippen molar-refractivity contribution in [2.24, 2.45) is 0 Å². The zero-order valence-corrected chi connectivity index (χ0v) is 10.2. The van der Waals surface area contributed by atoms with Crippen molar-refractivity contribution in [1.82, 2.24) is 4.98 Å². The first-order chi connectivity index (χ1) is 7.77. The van der Waals surface area contributed by atoms with Gasteiger partial charge in [0.1, 0.15) is 3.70 Å². The first kappa shape index (κ1) is 14.1. The Labute approximate surface area is 107 Å². The average Bonchev–Trinajstić information content (AvgIpc) is 2.15. The molecule has 0 unspecified atom stereocenters. The van der Waals surface area contributed by atoms with Crippen LogP contribution >= 0.6 is 22.6 Å². The lowest BCUT2D eigenvalue weighted by atomic mass is 10.1. The molecule has 0 aliphatic carbocycles. The third-order valence-corrected chi connectivity index (χ3v) is 2.67. The smallest absolute Gasteiger partial charge is 0.245 e. The highest BCUT2D eigenvalue weighted by Gasteiger charge is 2.37. The van der Waals surface area contributed by atoms with Gasteiger partial charge in [0.25, 0.3) is 6.43 Å². The van der Waals surface area contributed by atoms with E-state index in [4.69, 9.17) is 5.26 Å². The number of alkyl halides is 5. The topological polar surface area (TPSA) is 36.7 Å². The van der Waals surface area contributed by atoms with Crippen molar-refractivity contribution in [2.75, 3.05) is 0 Å². The number of pyridine rings is 1. The molecule has 1 aromatic heterocycles. The summed E-state index contributed by atoms with van der Waals surface area (Å²) in [6.45, 7) is 0. The molecular weight excluding hydrogens is 358 g/mol. The molecule has 17 heavy (non-hydrogen) atoms. The van der Waals surface area contributed by atoms with E-state index in [2.05, 4.69) is 4.98 Å². The van der Waals surface area contributed by atoms with Crippen LogP contribution < -0.4 is 0 Å². The van der Waals surface area contributed by atoms with Gasteiger partial charge in [-0.15, -0.1) is 0 Å². The maximum absolute atomic E-state index is 12.6. The predicted molar refractivity (Wildman–Crippen MR) is 56.2 cm³/mol. The largest absolute Gasteiger partial charge is 0.417 e. The Bertz CT molecular complexity index is 464. The van der Waals surface area contributed by atoms with Crippen LogP contribution in [0.2, 0.25) is 0 Å². The predicted octanol–water partition coefficient (Wildman–Crippen LogP) is 3.71. The van der Waals surface area contributed by atoms with Crippen molar-refractivity contribution < 1.29 is 22.0 Å². The Kier molecular flexibility index (Phi) is 4.24. The van der Waals surface area contributed by atoms with Gasteiger partial charge >= 0.3 is 6.18 Å². The summed E-state index contributed by atoms with van der Waals surface area (Å²) in [6, 6.07) is 2.11. The normalized spacial score (nSPS) is 11.6. The van der Waals surface area contributed by atoms with Gasteiger partial charge in [-0.25, -0.2) is 13.8 Å². The molecule has 1 rings (SSSR count). The summed E-state index contributed by atoms with van der Waals surface area (Å²) < 4.78 is 62.3. The molecule has 0 amide bonds. The van der Waals surface area contributed by atoms with Gasteiger partial charge in [-0.2, -0.15) is 18.4 Å². The lowest BCUT2D eigenvalue weighted by Gasteiger charge is -2.14. The van der Waals surface area contributed by atoms with Gasteiger partial charge in [-0.1, -0.05) is 0 Å². The zero-order chi connectivity index (χ0) is 13.2. The Morgan fingerprint density at radius 3 is 2.41 bits per heavy atom. The minimum atomic E-state index is -4.89. The van der Waals surface area contributed by atoms with E-state index in [1.165, 1.54) is 22.6 Å².